The topological polar surface area (TPSA) is 202 Å². The fraction of sp³-hybridized carbons (Fsp3) is 0.778. The minimum absolute atomic E-state index is 0.0104. The first-order chi connectivity index (χ1) is 23.5. The van der Waals surface area contributed by atoms with Gasteiger partial charge >= 0.3 is 6.09 Å². The number of alkyl carbamates (subject to hydrolysis) is 1. The lowest BCUT2D eigenvalue weighted by Gasteiger charge is -2.30. The third-order valence-corrected chi connectivity index (χ3v) is 7.99. The summed E-state index contributed by atoms with van der Waals surface area (Å²) in [6, 6.07) is -0.969. The van der Waals surface area contributed by atoms with E-state index in [4.69, 9.17) is 9.47 Å². The Morgan fingerprint density at radius 2 is 1.45 bits per heavy atom. The first kappa shape index (κ1) is 45.3. The maximum absolute atomic E-state index is 13.8. The lowest BCUT2D eigenvalue weighted by Crippen LogP contribution is -2.58. The number of carbonyl (C=O) groups excluding carboxylic acids is 5. The van der Waals surface area contributed by atoms with Crippen molar-refractivity contribution >= 4 is 29.7 Å². The molecule has 1 rings (SSSR count). The molecule has 6 atom stereocenters. The van der Waals surface area contributed by atoms with Gasteiger partial charge in [-0.15, -0.1) is 0 Å². The molecule has 0 fully saturated rings. The van der Waals surface area contributed by atoms with Crippen molar-refractivity contribution < 1.29 is 38.6 Å². The van der Waals surface area contributed by atoms with E-state index in [0.717, 1.165) is 11.4 Å². The van der Waals surface area contributed by atoms with E-state index in [2.05, 4.69) is 31.7 Å². The fourth-order valence-corrected chi connectivity index (χ4v) is 5.24. The molecule has 0 aliphatic carbocycles. The molecule has 0 spiro atoms. The highest BCUT2D eigenvalue weighted by Gasteiger charge is 2.33. The lowest BCUT2D eigenvalue weighted by molar-refractivity contribution is -0.136. The number of aliphatic hydroxyl groups is 1. The van der Waals surface area contributed by atoms with E-state index in [-0.39, 0.29) is 43.2 Å². The number of carbonyl (C=O) groups is 5. The van der Waals surface area contributed by atoms with E-state index < -0.39 is 65.7 Å². The van der Waals surface area contributed by atoms with Crippen molar-refractivity contribution in [3.63, 3.8) is 0 Å². The zero-order chi connectivity index (χ0) is 39.2. The van der Waals surface area contributed by atoms with Gasteiger partial charge in [-0.2, -0.15) is 5.10 Å². The summed E-state index contributed by atoms with van der Waals surface area (Å²) in [6.07, 6.45) is -2.61. The standard InChI is InChI=1S/C36H65N7O8/c1-20(2)14-26(28(44)15-23(7)31(45)41-30(22(5)6)34(48)37-17-21(3)4)39-32(46)27(18-38-35(49)51-36(10,11)12)40-33(47)29(50-13)19-43-25(9)16-24(8)42-43/h16,20-23,26-30,44H,14-15,17-19H2,1-13H3,(H,37,48)(H,38,49)(H,39,46)(H,40,47)(H,41,45)/t23-,26+,27+,28+,29+,30+/m1/s1. The number of nitrogens with one attached hydrogen (secondary N) is 5. The maximum Gasteiger partial charge on any atom is 0.407 e. The summed E-state index contributed by atoms with van der Waals surface area (Å²) in [5.41, 5.74) is 0.801. The summed E-state index contributed by atoms with van der Waals surface area (Å²) >= 11 is 0. The Kier molecular flexibility index (Phi) is 18.6. The molecule has 0 aromatic carbocycles. The molecule has 0 aliphatic heterocycles. The average Bonchev–Trinajstić information content (AvgIpc) is 3.32. The van der Waals surface area contributed by atoms with Crippen LogP contribution in [0.2, 0.25) is 0 Å². The summed E-state index contributed by atoms with van der Waals surface area (Å²) in [5.74, 6) is -2.54. The van der Waals surface area contributed by atoms with E-state index in [1.54, 1.807) is 32.4 Å². The average molecular weight is 724 g/mol. The van der Waals surface area contributed by atoms with Crippen LogP contribution in [0.15, 0.2) is 6.07 Å². The molecule has 0 aliphatic rings. The van der Waals surface area contributed by atoms with Gasteiger partial charge in [0.2, 0.25) is 17.7 Å². The van der Waals surface area contributed by atoms with Crippen molar-refractivity contribution in [1.29, 1.82) is 0 Å². The Hall–Kier alpha value is -3.72. The van der Waals surface area contributed by atoms with E-state index in [0.29, 0.717) is 13.0 Å². The van der Waals surface area contributed by atoms with Gasteiger partial charge in [0.15, 0.2) is 6.10 Å². The van der Waals surface area contributed by atoms with Gasteiger partial charge in [0.25, 0.3) is 5.91 Å². The first-order valence-electron chi connectivity index (χ1n) is 17.9. The Balaban J connectivity index is 3.17. The number of hydrogen-bond acceptors (Lipinski definition) is 9. The highest BCUT2D eigenvalue weighted by molar-refractivity contribution is 5.90. The van der Waals surface area contributed by atoms with E-state index in [1.807, 2.05) is 61.5 Å². The number of amides is 5. The molecule has 0 unspecified atom stereocenters. The highest BCUT2D eigenvalue weighted by atomic mass is 16.6. The van der Waals surface area contributed by atoms with Crippen molar-refractivity contribution in [3.8, 4) is 0 Å². The molecule has 15 heteroatoms. The van der Waals surface area contributed by atoms with Gasteiger partial charge in [0.1, 0.15) is 17.7 Å². The summed E-state index contributed by atoms with van der Waals surface area (Å²) in [7, 11) is 1.37. The predicted molar refractivity (Wildman–Crippen MR) is 194 cm³/mol. The van der Waals surface area contributed by atoms with Crippen molar-refractivity contribution in [2.75, 3.05) is 20.2 Å². The summed E-state index contributed by atoms with van der Waals surface area (Å²) in [4.78, 5) is 65.8. The number of methoxy groups -OCH3 is 1. The zero-order valence-electron chi connectivity index (χ0n) is 33.0. The second kappa shape index (κ2) is 21.0. The van der Waals surface area contributed by atoms with Gasteiger partial charge in [-0.1, -0.05) is 48.5 Å². The van der Waals surface area contributed by atoms with Crippen LogP contribution in [0.1, 0.15) is 93.5 Å². The van der Waals surface area contributed by atoms with Gasteiger partial charge in [-0.25, -0.2) is 4.79 Å². The fourth-order valence-electron chi connectivity index (χ4n) is 5.24. The Morgan fingerprint density at radius 3 is 1.94 bits per heavy atom. The van der Waals surface area contributed by atoms with Crippen LogP contribution in [0, 0.1) is 37.5 Å². The van der Waals surface area contributed by atoms with Crippen molar-refractivity contribution in [2.24, 2.45) is 23.7 Å². The van der Waals surface area contributed by atoms with Gasteiger partial charge in [0, 0.05) is 25.3 Å². The van der Waals surface area contributed by atoms with E-state index in [1.165, 1.54) is 7.11 Å². The second-order valence-corrected chi connectivity index (χ2v) is 15.6. The minimum atomic E-state index is -1.28. The molecule has 51 heavy (non-hydrogen) atoms. The molecule has 15 nitrogen and oxygen atoms in total. The molecule has 0 saturated carbocycles. The molecule has 0 bridgehead atoms. The van der Waals surface area contributed by atoms with Crippen LogP contribution in [0.25, 0.3) is 0 Å². The number of ether oxygens (including phenoxy) is 2. The summed E-state index contributed by atoms with van der Waals surface area (Å²) in [6.45, 7) is 22.2. The molecule has 0 saturated heterocycles. The number of nitrogens with zero attached hydrogens (tertiary/aromatic N) is 2. The maximum atomic E-state index is 13.8. The Morgan fingerprint density at radius 1 is 0.824 bits per heavy atom. The Labute approximate surface area is 304 Å². The smallest absolute Gasteiger partial charge is 0.407 e. The molecule has 6 N–H and O–H groups in total. The van der Waals surface area contributed by atoms with Crippen LogP contribution >= 0.6 is 0 Å². The van der Waals surface area contributed by atoms with Gasteiger partial charge < -0.3 is 41.2 Å². The third kappa shape index (κ3) is 16.9. The molecule has 1 aromatic heterocycles. The second-order valence-electron chi connectivity index (χ2n) is 15.6. The van der Waals surface area contributed by atoms with Gasteiger partial charge in [-0.05, 0) is 71.3 Å². The van der Waals surface area contributed by atoms with Crippen LogP contribution < -0.4 is 26.6 Å². The quantitative estimate of drug-likeness (QED) is 0.117. The van der Waals surface area contributed by atoms with Gasteiger partial charge in [0.05, 0.1) is 30.9 Å². The monoisotopic (exact) mass is 723 g/mol. The molecule has 0 radical (unpaired) electrons. The first-order valence-corrected chi connectivity index (χ1v) is 17.9. The van der Waals surface area contributed by atoms with Crippen LogP contribution in [-0.4, -0.2) is 101 Å². The van der Waals surface area contributed by atoms with Crippen molar-refractivity contribution in [2.45, 2.75) is 138 Å². The lowest BCUT2D eigenvalue weighted by atomic mass is 9.91. The van der Waals surface area contributed by atoms with Crippen molar-refractivity contribution in [3.05, 3.63) is 17.5 Å². The molecule has 5 amide bonds. The van der Waals surface area contributed by atoms with Crippen LogP contribution in [0.5, 0.6) is 0 Å². The molecule has 292 valence electrons. The molecule has 1 heterocycles. The van der Waals surface area contributed by atoms with Crippen LogP contribution in [0.3, 0.4) is 0 Å². The summed E-state index contributed by atoms with van der Waals surface area (Å²) < 4.78 is 12.4. The number of rotatable bonds is 20. The number of aryl methyl sites for hydroxylation is 2. The number of aromatic nitrogens is 2. The number of hydrogen-bond donors (Lipinski definition) is 6. The van der Waals surface area contributed by atoms with Crippen LogP contribution in [-0.2, 0) is 35.2 Å². The molecular weight excluding hydrogens is 658 g/mol. The Bertz CT molecular complexity index is 1290. The summed E-state index contributed by atoms with van der Waals surface area (Å²) in [5, 5.41) is 29.5. The number of aliphatic hydroxyl groups excluding tert-OH is 1. The zero-order valence-corrected chi connectivity index (χ0v) is 33.0. The largest absolute Gasteiger partial charge is 0.444 e. The highest BCUT2D eigenvalue weighted by Crippen LogP contribution is 2.17. The SMILES string of the molecule is CO[C@@H](Cn1nc(C)cc1C)C(=O)N[C@@H](CNC(=O)OC(C)(C)C)C(=O)N[C@@H](CC(C)C)[C@@H](O)C[C@@H](C)C(=O)N[C@H](C(=O)NCC(C)C)C(C)C. The third-order valence-electron chi connectivity index (χ3n) is 7.99. The molecular formula is C36H65N7O8. The van der Waals surface area contributed by atoms with Gasteiger partial charge in [-0.3, -0.25) is 23.9 Å². The predicted octanol–water partition coefficient (Wildman–Crippen LogP) is 2.36. The van der Waals surface area contributed by atoms with Crippen LogP contribution in [0.4, 0.5) is 4.79 Å². The minimum Gasteiger partial charge on any atom is -0.444 e. The van der Waals surface area contributed by atoms with Crippen molar-refractivity contribution in [1.82, 2.24) is 36.4 Å². The molecule has 1 aromatic rings. The van der Waals surface area contributed by atoms with E-state index in [9.17, 15) is 29.1 Å². The van der Waals surface area contributed by atoms with E-state index >= 15 is 0 Å². The normalized spacial score (nSPS) is 15.4.